The maximum atomic E-state index is 11.4. The second kappa shape index (κ2) is 9.54. The van der Waals surface area contributed by atoms with E-state index in [-0.39, 0.29) is 11.5 Å². The molecule has 1 saturated carbocycles. The minimum atomic E-state index is -0.500. The van der Waals surface area contributed by atoms with E-state index in [1.54, 1.807) is 0 Å². The maximum absolute atomic E-state index is 11.4. The van der Waals surface area contributed by atoms with Gasteiger partial charge >= 0.3 is 0 Å². The molecule has 1 unspecified atom stereocenters. The predicted octanol–water partition coefficient (Wildman–Crippen LogP) is 6.98. The summed E-state index contributed by atoms with van der Waals surface area (Å²) in [5.74, 6) is 1.45. The van der Waals surface area contributed by atoms with E-state index in [9.17, 15) is 5.11 Å². The van der Waals surface area contributed by atoms with Gasteiger partial charge in [-0.25, -0.2) is 0 Å². The number of hydrogen-bond donors (Lipinski definition) is 1. The summed E-state index contributed by atoms with van der Waals surface area (Å²) < 4.78 is 6.35. The molecule has 5 rings (SSSR count). The van der Waals surface area contributed by atoms with E-state index in [4.69, 9.17) is 4.74 Å². The molecule has 0 saturated heterocycles. The van der Waals surface area contributed by atoms with Crippen LogP contribution in [0.4, 0.5) is 0 Å². The second-order valence-electron chi connectivity index (χ2n) is 10.6. The average Bonchev–Trinajstić information content (AvgIpc) is 2.86. The molecule has 0 radical (unpaired) electrons. The lowest BCUT2D eigenvalue weighted by molar-refractivity contribution is -0.0565. The summed E-state index contributed by atoms with van der Waals surface area (Å²) in [6, 6.07) is 21.7. The Morgan fingerprint density at radius 2 is 1.85 bits per heavy atom. The van der Waals surface area contributed by atoms with Gasteiger partial charge in [-0.15, -0.1) is 0 Å². The summed E-state index contributed by atoms with van der Waals surface area (Å²) >= 11 is 0. The number of aromatic nitrogens is 1. The molecule has 2 aromatic carbocycles. The van der Waals surface area contributed by atoms with Gasteiger partial charge in [-0.2, -0.15) is 0 Å². The lowest BCUT2D eigenvalue weighted by atomic mass is 9.52. The van der Waals surface area contributed by atoms with Crippen LogP contribution in [-0.2, 0) is 18.3 Å². The van der Waals surface area contributed by atoms with E-state index >= 15 is 0 Å². The van der Waals surface area contributed by atoms with E-state index < -0.39 is 5.60 Å². The number of rotatable bonds is 7. The van der Waals surface area contributed by atoms with Crippen LogP contribution in [0.5, 0.6) is 5.75 Å². The van der Waals surface area contributed by atoms with Crippen molar-refractivity contribution in [3.8, 4) is 5.75 Å². The number of benzene rings is 2. The van der Waals surface area contributed by atoms with Crippen molar-refractivity contribution >= 4 is 0 Å². The van der Waals surface area contributed by atoms with Crippen molar-refractivity contribution in [2.45, 2.75) is 82.3 Å². The molecule has 4 atom stereocenters. The molecule has 1 N–H and O–H groups in total. The van der Waals surface area contributed by atoms with Crippen LogP contribution in [-0.4, -0.2) is 15.7 Å². The van der Waals surface area contributed by atoms with Crippen molar-refractivity contribution in [1.29, 1.82) is 0 Å². The Morgan fingerprint density at radius 3 is 2.62 bits per heavy atom. The maximum Gasteiger partial charge on any atom is 0.121 e. The molecule has 1 aromatic heterocycles. The van der Waals surface area contributed by atoms with Gasteiger partial charge in [0.25, 0.3) is 0 Å². The van der Waals surface area contributed by atoms with Crippen LogP contribution >= 0.6 is 0 Å². The first kappa shape index (κ1) is 23.1. The van der Waals surface area contributed by atoms with E-state index in [1.807, 2.05) is 24.5 Å². The minimum absolute atomic E-state index is 0.0191. The Balaban J connectivity index is 1.47. The zero-order valence-electron chi connectivity index (χ0n) is 20.5. The summed E-state index contributed by atoms with van der Waals surface area (Å²) in [6.07, 6.45) is 11.7. The third-order valence-electron chi connectivity index (χ3n) is 8.39. The monoisotopic (exact) mass is 455 g/mol. The fourth-order valence-electron chi connectivity index (χ4n) is 6.70. The molecule has 3 nitrogen and oxygen atoms in total. The van der Waals surface area contributed by atoms with Gasteiger partial charge in [0.2, 0.25) is 0 Å². The highest BCUT2D eigenvalue weighted by atomic mass is 16.5. The van der Waals surface area contributed by atoms with Crippen molar-refractivity contribution in [1.82, 2.24) is 4.98 Å². The van der Waals surface area contributed by atoms with Gasteiger partial charge in [0.15, 0.2) is 0 Å². The van der Waals surface area contributed by atoms with Crippen LogP contribution in [0, 0.1) is 5.92 Å². The lowest BCUT2D eigenvalue weighted by Crippen LogP contribution is -2.51. The molecule has 178 valence electrons. The van der Waals surface area contributed by atoms with Crippen LogP contribution in [0.15, 0.2) is 73.1 Å². The molecule has 1 fully saturated rings. The van der Waals surface area contributed by atoms with Gasteiger partial charge in [0.1, 0.15) is 11.9 Å². The van der Waals surface area contributed by atoms with Crippen LogP contribution in [0.3, 0.4) is 0 Å². The third-order valence-corrected chi connectivity index (χ3v) is 8.39. The first-order valence-corrected chi connectivity index (χ1v) is 13.0. The molecule has 0 aliphatic heterocycles. The fourth-order valence-corrected chi connectivity index (χ4v) is 6.70. The number of aryl methyl sites for hydroxylation is 1. The van der Waals surface area contributed by atoms with Crippen LogP contribution in [0.1, 0.15) is 80.7 Å². The van der Waals surface area contributed by atoms with Gasteiger partial charge in [0.05, 0.1) is 5.60 Å². The highest BCUT2D eigenvalue weighted by Gasteiger charge is 2.51. The summed E-state index contributed by atoms with van der Waals surface area (Å²) in [4.78, 5) is 4.12. The summed E-state index contributed by atoms with van der Waals surface area (Å²) in [6.45, 7) is 4.28. The zero-order chi connectivity index (χ0) is 23.6. The smallest absolute Gasteiger partial charge is 0.121 e. The van der Waals surface area contributed by atoms with Crippen LogP contribution in [0.2, 0.25) is 0 Å². The van der Waals surface area contributed by atoms with E-state index in [1.165, 1.54) is 16.7 Å². The molecule has 0 spiro atoms. The first-order valence-electron chi connectivity index (χ1n) is 13.0. The number of pyridine rings is 1. The Morgan fingerprint density at radius 1 is 1.06 bits per heavy atom. The van der Waals surface area contributed by atoms with Gasteiger partial charge < -0.3 is 9.84 Å². The second-order valence-corrected chi connectivity index (χ2v) is 10.6. The highest BCUT2D eigenvalue weighted by Crippen LogP contribution is 2.55. The largest absolute Gasteiger partial charge is 0.486 e. The number of fused-ring (bicyclic) bond motifs is 3. The summed E-state index contributed by atoms with van der Waals surface area (Å²) in [5, 5.41) is 11.4. The summed E-state index contributed by atoms with van der Waals surface area (Å²) in [5.41, 5.74) is 5.02. The lowest BCUT2D eigenvalue weighted by Gasteiger charge is -2.53. The van der Waals surface area contributed by atoms with E-state index in [2.05, 4.69) is 67.4 Å². The molecule has 34 heavy (non-hydrogen) atoms. The van der Waals surface area contributed by atoms with Gasteiger partial charge in [-0.1, -0.05) is 49.7 Å². The Labute approximate surface area is 204 Å². The standard InChI is InChI=1S/C31H37NO2/c1-3-15-30(33)16-17-31(21-24-7-5-4-6-8-24)27(22-30)10-9-26-20-28(11-12-29(26)31)34-23(2)25-13-18-32-19-14-25/h4-8,11-14,18-20,23,27,33H,3,9-10,15-17,21-22H2,1-2H3/t23?,27-,30-,31+/m1/s1. The number of hydrogen-bond acceptors (Lipinski definition) is 3. The van der Waals surface area contributed by atoms with E-state index in [0.717, 1.165) is 62.7 Å². The molecular weight excluding hydrogens is 418 g/mol. The Bertz CT molecular complexity index is 1100. The molecule has 0 bridgehead atoms. The number of ether oxygens (including phenoxy) is 1. The molecular formula is C31H37NO2. The van der Waals surface area contributed by atoms with Crippen LogP contribution < -0.4 is 4.74 Å². The van der Waals surface area contributed by atoms with Crippen molar-refractivity contribution in [3.05, 3.63) is 95.3 Å². The average molecular weight is 456 g/mol. The van der Waals surface area contributed by atoms with Gasteiger partial charge in [-0.05, 0) is 104 Å². The van der Waals surface area contributed by atoms with Crippen molar-refractivity contribution in [2.24, 2.45) is 5.92 Å². The fraction of sp³-hybridized carbons (Fsp3) is 0.452. The van der Waals surface area contributed by atoms with Crippen molar-refractivity contribution in [2.75, 3.05) is 0 Å². The SMILES string of the molecule is CCC[C@@]1(O)CC[C@@]2(Cc3ccccc3)c3ccc(OC(C)c4ccncc4)cc3CC[C@@H]2C1. The minimum Gasteiger partial charge on any atom is -0.486 e. The zero-order valence-corrected chi connectivity index (χ0v) is 20.5. The summed E-state index contributed by atoms with van der Waals surface area (Å²) in [7, 11) is 0. The van der Waals surface area contributed by atoms with Crippen LogP contribution in [0.25, 0.3) is 0 Å². The first-order chi connectivity index (χ1) is 16.5. The Kier molecular flexibility index (Phi) is 6.48. The number of nitrogens with zero attached hydrogens (tertiary/aromatic N) is 1. The third kappa shape index (κ3) is 4.51. The Hall–Kier alpha value is -2.65. The van der Waals surface area contributed by atoms with E-state index in [0.29, 0.717) is 5.92 Å². The highest BCUT2D eigenvalue weighted by molar-refractivity contribution is 5.45. The predicted molar refractivity (Wildman–Crippen MR) is 137 cm³/mol. The molecule has 1 heterocycles. The normalized spacial score (nSPS) is 26.9. The molecule has 3 heteroatoms. The molecule has 3 aromatic rings. The number of aliphatic hydroxyl groups is 1. The van der Waals surface area contributed by atoms with Gasteiger partial charge in [0, 0.05) is 17.8 Å². The molecule has 0 amide bonds. The molecule has 2 aliphatic rings. The van der Waals surface area contributed by atoms with Crippen molar-refractivity contribution in [3.63, 3.8) is 0 Å². The topological polar surface area (TPSA) is 42.4 Å². The van der Waals surface area contributed by atoms with Gasteiger partial charge in [-0.3, -0.25) is 4.98 Å². The van der Waals surface area contributed by atoms with Crippen molar-refractivity contribution < 1.29 is 9.84 Å². The quantitative estimate of drug-likeness (QED) is 0.418. The molecule has 2 aliphatic carbocycles.